The van der Waals surface area contributed by atoms with Gasteiger partial charge in [0.2, 0.25) is 0 Å². The van der Waals surface area contributed by atoms with Gasteiger partial charge in [0, 0.05) is 5.56 Å². The zero-order chi connectivity index (χ0) is 9.35. The van der Waals surface area contributed by atoms with Crippen molar-refractivity contribution in [3.8, 4) is 0 Å². The molecule has 1 rings (SSSR count). The van der Waals surface area contributed by atoms with Crippen LogP contribution in [0.4, 0.5) is 13.2 Å². The van der Waals surface area contributed by atoms with Gasteiger partial charge in [0.15, 0.2) is 0 Å². The summed E-state index contributed by atoms with van der Waals surface area (Å²) in [5.41, 5.74) is 0.580. The molecule has 0 aliphatic heterocycles. The molecule has 0 saturated carbocycles. The molecule has 0 aromatic heterocycles. The Morgan fingerprint density at radius 3 is 2.25 bits per heavy atom. The van der Waals surface area contributed by atoms with Crippen LogP contribution in [0.2, 0.25) is 0 Å². The van der Waals surface area contributed by atoms with Gasteiger partial charge in [-0.1, -0.05) is 29.2 Å². The molecule has 0 aliphatic carbocycles. The van der Waals surface area contributed by atoms with E-state index in [9.17, 15) is 13.2 Å². The minimum atomic E-state index is -4.22. The van der Waals surface area contributed by atoms with Crippen LogP contribution in [0.5, 0.6) is 0 Å². The van der Waals surface area contributed by atoms with Gasteiger partial charge in [-0.15, -0.1) is 0 Å². The Balaban J connectivity index is 3.19. The summed E-state index contributed by atoms with van der Waals surface area (Å²) in [6.45, 7) is 1.77. The molecule has 0 nitrogen and oxygen atoms in total. The standard InChI is InChI=1S/C8H8BF3/c1-5-2-3-6(7(9)4-5)8(10,11)12/h2-4H,9H2,1H3. The molecule has 0 aliphatic rings. The largest absolute Gasteiger partial charge is 0.415 e. The van der Waals surface area contributed by atoms with E-state index in [0.717, 1.165) is 11.6 Å². The lowest BCUT2D eigenvalue weighted by molar-refractivity contribution is -0.136. The molecule has 0 spiro atoms. The SMILES string of the molecule is Bc1cc(C)ccc1C(F)(F)F. The second kappa shape index (κ2) is 2.85. The maximum absolute atomic E-state index is 12.2. The molecule has 0 unspecified atom stereocenters. The quantitative estimate of drug-likeness (QED) is 0.517. The maximum atomic E-state index is 12.2. The summed E-state index contributed by atoms with van der Waals surface area (Å²) in [5.74, 6) is 0. The van der Waals surface area contributed by atoms with Crippen molar-refractivity contribution in [3.63, 3.8) is 0 Å². The first kappa shape index (κ1) is 9.17. The van der Waals surface area contributed by atoms with Crippen molar-refractivity contribution in [2.45, 2.75) is 13.1 Å². The number of aryl methyl sites for hydroxylation is 1. The molecule has 1 aromatic rings. The predicted octanol–water partition coefficient (Wildman–Crippen LogP) is 1.27. The van der Waals surface area contributed by atoms with Gasteiger partial charge < -0.3 is 0 Å². The molecule has 0 radical (unpaired) electrons. The molecule has 0 N–H and O–H groups in total. The van der Waals surface area contributed by atoms with Crippen molar-refractivity contribution in [2.24, 2.45) is 0 Å². The van der Waals surface area contributed by atoms with Gasteiger partial charge in [0.1, 0.15) is 7.85 Å². The average molecular weight is 172 g/mol. The van der Waals surface area contributed by atoms with E-state index in [1.807, 2.05) is 0 Å². The predicted molar refractivity (Wildman–Crippen MR) is 44.4 cm³/mol. The summed E-state index contributed by atoms with van der Waals surface area (Å²) in [7, 11) is 1.47. The minimum absolute atomic E-state index is 0.280. The summed E-state index contributed by atoms with van der Waals surface area (Å²) in [6.07, 6.45) is -4.22. The maximum Gasteiger partial charge on any atom is 0.415 e. The zero-order valence-electron chi connectivity index (χ0n) is 6.87. The molecular formula is C8H8BF3. The smallest absolute Gasteiger partial charge is 0.166 e. The van der Waals surface area contributed by atoms with Crippen molar-refractivity contribution in [1.82, 2.24) is 0 Å². The van der Waals surface area contributed by atoms with E-state index < -0.39 is 11.7 Å². The van der Waals surface area contributed by atoms with Gasteiger partial charge >= 0.3 is 6.18 Å². The van der Waals surface area contributed by atoms with Crippen molar-refractivity contribution in [1.29, 1.82) is 0 Å². The van der Waals surface area contributed by atoms with Gasteiger partial charge in [0.05, 0.1) is 0 Å². The Labute approximate surface area is 69.8 Å². The summed E-state index contributed by atoms with van der Waals surface area (Å²) >= 11 is 0. The van der Waals surface area contributed by atoms with Crippen molar-refractivity contribution >= 4 is 13.3 Å². The van der Waals surface area contributed by atoms with Crippen LogP contribution in [0.25, 0.3) is 0 Å². The Morgan fingerprint density at radius 2 is 1.83 bits per heavy atom. The molecule has 64 valence electrons. The first-order valence-corrected chi connectivity index (χ1v) is 3.55. The third kappa shape index (κ3) is 1.81. The van der Waals surface area contributed by atoms with Crippen LogP contribution in [-0.2, 0) is 6.18 Å². The molecule has 0 bridgehead atoms. The molecule has 0 saturated heterocycles. The Kier molecular flexibility index (Phi) is 2.17. The van der Waals surface area contributed by atoms with E-state index in [2.05, 4.69) is 0 Å². The Morgan fingerprint density at radius 1 is 1.25 bits per heavy atom. The lowest BCUT2D eigenvalue weighted by atomic mass is 9.89. The number of hydrogen-bond acceptors (Lipinski definition) is 0. The summed E-state index contributed by atoms with van der Waals surface area (Å²) in [4.78, 5) is 0. The van der Waals surface area contributed by atoms with E-state index in [1.54, 1.807) is 6.92 Å². The number of benzene rings is 1. The van der Waals surface area contributed by atoms with Gasteiger partial charge in [0.25, 0.3) is 0 Å². The monoisotopic (exact) mass is 172 g/mol. The summed E-state index contributed by atoms with van der Waals surface area (Å²) in [5, 5.41) is 0. The van der Waals surface area contributed by atoms with Crippen LogP contribution >= 0.6 is 0 Å². The zero-order valence-corrected chi connectivity index (χ0v) is 6.87. The van der Waals surface area contributed by atoms with Crippen LogP contribution in [0, 0.1) is 6.92 Å². The highest BCUT2D eigenvalue weighted by Crippen LogP contribution is 2.27. The van der Waals surface area contributed by atoms with Crippen LogP contribution in [-0.4, -0.2) is 7.85 Å². The average Bonchev–Trinajstić information content (AvgIpc) is 1.83. The van der Waals surface area contributed by atoms with Gasteiger partial charge in [-0.25, -0.2) is 0 Å². The second-order valence-corrected chi connectivity index (χ2v) is 2.82. The topological polar surface area (TPSA) is 0 Å². The van der Waals surface area contributed by atoms with Gasteiger partial charge in [-0.3, -0.25) is 0 Å². The second-order valence-electron chi connectivity index (χ2n) is 2.82. The van der Waals surface area contributed by atoms with Crippen molar-refractivity contribution < 1.29 is 13.2 Å². The van der Waals surface area contributed by atoms with Gasteiger partial charge in [-0.05, 0) is 6.92 Å². The summed E-state index contributed by atoms with van der Waals surface area (Å²) in [6, 6.07) is 4.11. The van der Waals surface area contributed by atoms with Gasteiger partial charge in [-0.2, -0.15) is 13.2 Å². The number of alkyl halides is 3. The fourth-order valence-electron chi connectivity index (χ4n) is 1.13. The lowest BCUT2D eigenvalue weighted by Crippen LogP contribution is -2.19. The molecule has 1 aromatic carbocycles. The normalized spacial score (nSPS) is 11.7. The molecule has 4 heteroatoms. The van der Waals surface area contributed by atoms with Crippen molar-refractivity contribution in [2.75, 3.05) is 0 Å². The third-order valence-corrected chi connectivity index (χ3v) is 1.69. The lowest BCUT2D eigenvalue weighted by Gasteiger charge is -2.10. The van der Waals surface area contributed by atoms with E-state index >= 15 is 0 Å². The van der Waals surface area contributed by atoms with Crippen LogP contribution < -0.4 is 5.46 Å². The van der Waals surface area contributed by atoms with Crippen LogP contribution in [0.1, 0.15) is 11.1 Å². The Hall–Kier alpha value is -0.925. The fraction of sp³-hybridized carbons (Fsp3) is 0.250. The van der Waals surface area contributed by atoms with E-state index in [0.29, 0.717) is 0 Å². The molecule has 0 fully saturated rings. The minimum Gasteiger partial charge on any atom is -0.166 e. The summed E-state index contributed by atoms with van der Waals surface area (Å²) < 4.78 is 36.5. The highest BCUT2D eigenvalue weighted by Gasteiger charge is 2.31. The fourth-order valence-corrected chi connectivity index (χ4v) is 1.13. The highest BCUT2D eigenvalue weighted by molar-refractivity contribution is 6.33. The first-order valence-electron chi connectivity index (χ1n) is 3.55. The highest BCUT2D eigenvalue weighted by atomic mass is 19.4. The van der Waals surface area contributed by atoms with E-state index in [4.69, 9.17) is 0 Å². The molecule has 0 atom stereocenters. The van der Waals surface area contributed by atoms with Crippen LogP contribution in [0.15, 0.2) is 18.2 Å². The molecule has 0 amide bonds. The van der Waals surface area contributed by atoms with E-state index in [1.165, 1.54) is 20.0 Å². The number of rotatable bonds is 0. The molecular weight excluding hydrogens is 164 g/mol. The third-order valence-electron chi connectivity index (χ3n) is 1.69. The number of hydrogen-bond donors (Lipinski definition) is 0. The Bertz CT molecular complexity index is 291. The first-order chi connectivity index (χ1) is 5.41. The molecule has 0 heterocycles. The van der Waals surface area contributed by atoms with Crippen molar-refractivity contribution in [3.05, 3.63) is 29.3 Å². The number of halogens is 3. The molecule has 12 heavy (non-hydrogen) atoms. The van der Waals surface area contributed by atoms with E-state index in [-0.39, 0.29) is 5.46 Å². The van der Waals surface area contributed by atoms with Crippen LogP contribution in [0.3, 0.4) is 0 Å².